The molecule has 0 unspecified atom stereocenters. The van der Waals surface area contributed by atoms with Gasteiger partial charge in [-0.25, -0.2) is 0 Å². The van der Waals surface area contributed by atoms with E-state index in [9.17, 15) is 0 Å². The van der Waals surface area contributed by atoms with Crippen LogP contribution in [0, 0.1) is 0 Å². The molecule has 0 heterocycles. The van der Waals surface area contributed by atoms with Crippen molar-refractivity contribution in [1.82, 2.24) is 5.06 Å². The third kappa shape index (κ3) is 2.90. The zero-order valence-electron chi connectivity index (χ0n) is 7.45. The Balaban J connectivity index is 2.52. The lowest BCUT2D eigenvalue weighted by molar-refractivity contribution is -0.130. The molecule has 1 rings (SSSR count). The smallest absolute Gasteiger partial charge is 0.0936 e. The average molecular weight is 166 g/mol. The molecule has 0 aliphatic rings. The van der Waals surface area contributed by atoms with E-state index in [4.69, 9.17) is 10.6 Å². The fraction of sp³-hybridized carbons (Fsp3) is 0.333. The number of rotatable bonds is 3. The highest BCUT2D eigenvalue weighted by Gasteiger charge is 1.94. The SMILES string of the molecule is CN(C)OCc1cccc(N)c1. The Hall–Kier alpha value is -1.06. The topological polar surface area (TPSA) is 38.5 Å². The second-order valence-corrected chi connectivity index (χ2v) is 2.83. The van der Waals surface area contributed by atoms with E-state index in [-0.39, 0.29) is 0 Å². The standard InChI is InChI=1S/C9H14N2O/c1-11(2)12-7-8-4-3-5-9(10)6-8/h3-6H,7,10H2,1-2H3. The van der Waals surface area contributed by atoms with E-state index in [0.29, 0.717) is 6.61 Å². The van der Waals surface area contributed by atoms with Gasteiger partial charge in [0.1, 0.15) is 0 Å². The van der Waals surface area contributed by atoms with Gasteiger partial charge in [-0.2, -0.15) is 5.06 Å². The Morgan fingerprint density at radius 2 is 2.17 bits per heavy atom. The highest BCUT2D eigenvalue weighted by Crippen LogP contribution is 2.07. The minimum absolute atomic E-state index is 0.567. The van der Waals surface area contributed by atoms with Gasteiger partial charge in [-0.05, 0) is 17.7 Å². The van der Waals surface area contributed by atoms with Gasteiger partial charge in [-0.3, -0.25) is 4.84 Å². The van der Waals surface area contributed by atoms with Crippen LogP contribution in [0.15, 0.2) is 24.3 Å². The molecular weight excluding hydrogens is 152 g/mol. The number of benzene rings is 1. The maximum atomic E-state index is 5.60. The molecule has 0 atom stereocenters. The van der Waals surface area contributed by atoms with E-state index in [2.05, 4.69) is 0 Å². The van der Waals surface area contributed by atoms with Crippen molar-refractivity contribution >= 4 is 5.69 Å². The van der Waals surface area contributed by atoms with Crippen LogP contribution in [0.1, 0.15) is 5.56 Å². The monoisotopic (exact) mass is 166 g/mol. The minimum Gasteiger partial charge on any atom is -0.399 e. The number of anilines is 1. The summed E-state index contributed by atoms with van der Waals surface area (Å²) in [5.74, 6) is 0. The van der Waals surface area contributed by atoms with Gasteiger partial charge in [0.25, 0.3) is 0 Å². The van der Waals surface area contributed by atoms with Crippen molar-refractivity contribution in [3.63, 3.8) is 0 Å². The molecule has 3 heteroatoms. The molecule has 0 amide bonds. The van der Waals surface area contributed by atoms with Gasteiger partial charge in [0.05, 0.1) is 6.61 Å². The van der Waals surface area contributed by atoms with Gasteiger partial charge in [0, 0.05) is 19.8 Å². The predicted molar refractivity (Wildman–Crippen MR) is 49.3 cm³/mol. The molecule has 1 aromatic rings. The maximum Gasteiger partial charge on any atom is 0.0936 e. The van der Waals surface area contributed by atoms with Crippen molar-refractivity contribution < 1.29 is 4.84 Å². The Morgan fingerprint density at radius 1 is 1.42 bits per heavy atom. The van der Waals surface area contributed by atoms with Crippen molar-refractivity contribution in [2.24, 2.45) is 0 Å². The van der Waals surface area contributed by atoms with Gasteiger partial charge < -0.3 is 5.73 Å². The zero-order chi connectivity index (χ0) is 8.97. The summed E-state index contributed by atoms with van der Waals surface area (Å²) < 4.78 is 0. The van der Waals surface area contributed by atoms with Gasteiger partial charge in [-0.1, -0.05) is 12.1 Å². The molecule has 0 aromatic heterocycles. The Kier molecular flexibility index (Phi) is 3.08. The molecule has 0 radical (unpaired) electrons. The first-order valence-electron chi connectivity index (χ1n) is 3.83. The van der Waals surface area contributed by atoms with E-state index >= 15 is 0 Å². The summed E-state index contributed by atoms with van der Waals surface area (Å²) in [6.07, 6.45) is 0. The summed E-state index contributed by atoms with van der Waals surface area (Å²) in [4.78, 5) is 5.26. The van der Waals surface area contributed by atoms with E-state index in [1.807, 2.05) is 38.4 Å². The molecule has 1 aromatic carbocycles. The predicted octanol–water partition coefficient (Wildman–Crippen LogP) is 1.26. The number of nitrogens with zero attached hydrogens (tertiary/aromatic N) is 1. The van der Waals surface area contributed by atoms with Crippen LogP contribution in [0.5, 0.6) is 0 Å². The van der Waals surface area contributed by atoms with Crippen LogP contribution in [-0.2, 0) is 11.4 Å². The normalized spacial score (nSPS) is 10.6. The van der Waals surface area contributed by atoms with Gasteiger partial charge >= 0.3 is 0 Å². The van der Waals surface area contributed by atoms with Crippen molar-refractivity contribution in [1.29, 1.82) is 0 Å². The van der Waals surface area contributed by atoms with E-state index in [0.717, 1.165) is 11.3 Å². The zero-order valence-corrected chi connectivity index (χ0v) is 7.45. The fourth-order valence-electron chi connectivity index (χ4n) is 0.887. The number of hydrogen-bond donors (Lipinski definition) is 1. The number of hydroxylamine groups is 2. The first-order chi connectivity index (χ1) is 5.68. The van der Waals surface area contributed by atoms with Crippen LogP contribution in [0.4, 0.5) is 5.69 Å². The molecule has 0 saturated carbocycles. The Bertz CT molecular complexity index is 248. The Morgan fingerprint density at radius 3 is 2.75 bits per heavy atom. The summed E-state index contributed by atoms with van der Waals surface area (Å²) >= 11 is 0. The molecular formula is C9H14N2O. The lowest BCUT2D eigenvalue weighted by Crippen LogP contribution is -2.11. The average Bonchev–Trinajstić information content (AvgIpc) is 2.01. The van der Waals surface area contributed by atoms with Gasteiger partial charge in [0.2, 0.25) is 0 Å². The summed E-state index contributed by atoms with van der Waals surface area (Å²) in [6.45, 7) is 0.567. The van der Waals surface area contributed by atoms with Crippen molar-refractivity contribution in [3.05, 3.63) is 29.8 Å². The maximum absolute atomic E-state index is 5.60. The second-order valence-electron chi connectivity index (χ2n) is 2.83. The fourth-order valence-corrected chi connectivity index (χ4v) is 0.887. The van der Waals surface area contributed by atoms with E-state index in [1.165, 1.54) is 0 Å². The third-order valence-corrected chi connectivity index (χ3v) is 1.44. The van der Waals surface area contributed by atoms with Gasteiger partial charge in [-0.15, -0.1) is 0 Å². The van der Waals surface area contributed by atoms with Crippen LogP contribution in [0.25, 0.3) is 0 Å². The molecule has 2 N–H and O–H groups in total. The minimum atomic E-state index is 0.567. The Labute approximate surface area is 72.7 Å². The molecule has 0 saturated heterocycles. The highest BCUT2D eigenvalue weighted by atomic mass is 16.7. The van der Waals surface area contributed by atoms with E-state index in [1.54, 1.807) is 5.06 Å². The van der Waals surface area contributed by atoms with Crippen molar-refractivity contribution in [3.8, 4) is 0 Å². The summed E-state index contributed by atoms with van der Waals surface area (Å²) in [5.41, 5.74) is 7.46. The highest BCUT2D eigenvalue weighted by molar-refractivity contribution is 5.40. The number of nitrogens with two attached hydrogens (primary N) is 1. The molecule has 0 aliphatic carbocycles. The molecule has 66 valence electrons. The lowest BCUT2D eigenvalue weighted by Gasteiger charge is -2.10. The molecule has 12 heavy (non-hydrogen) atoms. The summed E-state index contributed by atoms with van der Waals surface area (Å²) in [5, 5.41) is 1.67. The summed E-state index contributed by atoms with van der Waals surface area (Å²) in [7, 11) is 3.71. The molecule has 0 spiro atoms. The van der Waals surface area contributed by atoms with Crippen LogP contribution in [0.3, 0.4) is 0 Å². The number of hydrogen-bond acceptors (Lipinski definition) is 3. The quantitative estimate of drug-likeness (QED) is 0.542. The van der Waals surface area contributed by atoms with Crippen LogP contribution in [0.2, 0.25) is 0 Å². The third-order valence-electron chi connectivity index (χ3n) is 1.44. The molecule has 0 aliphatic heterocycles. The van der Waals surface area contributed by atoms with Gasteiger partial charge in [0.15, 0.2) is 0 Å². The molecule has 3 nitrogen and oxygen atoms in total. The molecule has 0 bridgehead atoms. The van der Waals surface area contributed by atoms with Crippen LogP contribution in [-0.4, -0.2) is 19.2 Å². The van der Waals surface area contributed by atoms with Crippen molar-refractivity contribution in [2.45, 2.75) is 6.61 Å². The summed E-state index contributed by atoms with van der Waals surface area (Å²) in [6, 6.07) is 7.67. The van der Waals surface area contributed by atoms with E-state index < -0.39 is 0 Å². The largest absolute Gasteiger partial charge is 0.399 e. The van der Waals surface area contributed by atoms with Crippen LogP contribution >= 0.6 is 0 Å². The number of nitrogen functional groups attached to an aromatic ring is 1. The first kappa shape index (κ1) is 9.03. The second kappa shape index (κ2) is 4.09. The first-order valence-corrected chi connectivity index (χ1v) is 3.83. The van der Waals surface area contributed by atoms with Crippen molar-refractivity contribution in [2.75, 3.05) is 19.8 Å². The van der Waals surface area contributed by atoms with Crippen LogP contribution < -0.4 is 5.73 Å². The molecule has 0 fully saturated rings. The lowest BCUT2D eigenvalue weighted by atomic mass is 10.2.